The Morgan fingerprint density at radius 1 is 1.32 bits per heavy atom. The molecule has 1 amide bonds. The van der Waals surface area contributed by atoms with E-state index in [4.69, 9.17) is 10.00 Å². The molecule has 0 unspecified atom stereocenters. The third-order valence-electron chi connectivity index (χ3n) is 4.80. The van der Waals surface area contributed by atoms with Crippen LogP contribution in [0.15, 0.2) is 24.3 Å². The maximum absolute atomic E-state index is 12.7. The van der Waals surface area contributed by atoms with Gasteiger partial charge >= 0.3 is 5.97 Å². The molecule has 6 nitrogen and oxygen atoms in total. The molecule has 1 aliphatic rings. The van der Waals surface area contributed by atoms with Gasteiger partial charge < -0.3 is 10.1 Å². The maximum atomic E-state index is 12.7. The molecule has 146 valence electrons. The summed E-state index contributed by atoms with van der Waals surface area (Å²) in [6.45, 7) is 7.99. The number of anilines is 1. The van der Waals surface area contributed by atoms with E-state index in [1.807, 2.05) is 6.07 Å². The lowest BCUT2D eigenvalue weighted by Crippen LogP contribution is -2.35. The molecule has 1 aliphatic heterocycles. The van der Waals surface area contributed by atoms with Gasteiger partial charge in [-0.05, 0) is 57.0 Å². The Balaban J connectivity index is 1.91. The number of carbonyl (C=O) groups is 2. The highest BCUT2D eigenvalue weighted by molar-refractivity contribution is 7.17. The molecule has 0 atom stereocenters. The SMILES string of the molecule is CCOC(=O)c1c(NC(=O)c2ccc(C#N)cc2)sc2c1CCN(C(C)C)C2. The molecule has 7 heteroatoms. The highest BCUT2D eigenvalue weighted by Crippen LogP contribution is 2.38. The molecular weight excluding hydrogens is 374 g/mol. The summed E-state index contributed by atoms with van der Waals surface area (Å²) in [5, 5.41) is 12.3. The van der Waals surface area contributed by atoms with Gasteiger partial charge in [-0.3, -0.25) is 9.69 Å². The monoisotopic (exact) mass is 397 g/mol. The molecule has 28 heavy (non-hydrogen) atoms. The van der Waals surface area contributed by atoms with Crippen molar-refractivity contribution in [1.29, 1.82) is 5.26 Å². The van der Waals surface area contributed by atoms with Crippen molar-refractivity contribution in [3.05, 3.63) is 51.4 Å². The Bertz CT molecular complexity index is 926. The summed E-state index contributed by atoms with van der Waals surface area (Å²) in [7, 11) is 0. The van der Waals surface area contributed by atoms with Gasteiger partial charge in [-0.2, -0.15) is 5.26 Å². The number of hydrogen-bond donors (Lipinski definition) is 1. The Labute approximate surface area is 168 Å². The summed E-state index contributed by atoms with van der Waals surface area (Å²) in [5.41, 5.74) is 2.39. The second kappa shape index (κ2) is 8.55. The van der Waals surface area contributed by atoms with E-state index in [1.54, 1.807) is 31.2 Å². The number of amides is 1. The van der Waals surface area contributed by atoms with Crippen molar-refractivity contribution < 1.29 is 14.3 Å². The number of thiophene rings is 1. The minimum atomic E-state index is -0.395. The molecule has 2 heterocycles. The molecule has 0 bridgehead atoms. The van der Waals surface area contributed by atoms with Crippen LogP contribution in [0.1, 0.15) is 57.5 Å². The number of nitrogens with zero attached hydrogens (tertiary/aromatic N) is 2. The predicted molar refractivity (Wildman–Crippen MR) is 109 cm³/mol. The fourth-order valence-electron chi connectivity index (χ4n) is 3.24. The van der Waals surface area contributed by atoms with Crippen LogP contribution < -0.4 is 5.32 Å². The maximum Gasteiger partial charge on any atom is 0.341 e. The fourth-order valence-corrected chi connectivity index (χ4v) is 4.50. The number of carbonyl (C=O) groups excluding carboxylic acids is 2. The molecule has 0 fully saturated rings. The van der Waals surface area contributed by atoms with E-state index < -0.39 is 5.97 Å². The first-order chi connectivity index (χ1) is 13.4. The second-order valence-corrected chi connectivity index (χ2v) is 7.99. The van der Waals surface area contributed by atoms with Crippen LogP contribution >= 0.6 is 11.3 Å². The first-order valence-corrected chi connectivity index (χ1v) is 10.1. The Hall–Kier alpha value is -2.69. The van der Waals surface area contributed by atoms with Crippen LogP contribution in [-0.4, -0.2) is 36.0 Å². The summed E-state index contributed by atoms with van der Waals surface area (Å²) in [4.78, 5) is 28.7. The molecule has 0 saturated carbocycles. The topological polar surface area (TPSA) is 82.4 Å². The van der Waals surface area contributed by atoms with Crippen molar-refractivity contribution in [2.45, 2.75) is 39.8 Å². The van der Waals surface area contributed by atoms with E-state index in [9.17, 15) is 9.59 Å². The fraction of sp³-hybridized carbons (Fsp3) is 0.381. The Morgan fingerprint density at radius 3 is 2.64 bits per heavy atom. The van der Waals surface area contributed by atoms with Crippen LogP contribution in [0.3, 0.4) is 0 Å². The minimum Gasteiger partial charge on any atom is -0.462 e. The lowest BCUT2D eigenvalue weighted by molar-refractivity contribution is 0.0526. The second-order valence-electron chi connectivity index (χ2n) is 6.89. The largest absolute Gasteiger partial charge is 0.462 e. The van der Waals surface area contributed by atoms with Gasteiger partial charge in [0.25, 0.3) is 5.91 Å². The number of nitriles is 1. The lowest BCUT2D eigenvalue weighted by atomic mass is 10.0. The molecule has 3 rings (SSSR count). The number of hydrogen-bond acceptors (Lipinski definition) is 6. The van der Waals surface area contributed by atoms with Gasteiger partial charge in [0, 0.05) is 29.6 Å². The van der Waals surface area contributed by atoms with Crippen LogP contribution in [0.2, 0.25) is 0 Å². The molecule has 1 aromatic heterocycles. The van der Waals surface area contributed by atoms with E-state index in [1.165, 1.54) is 11.3 Å². The highest BCUT2D eigenvalue weighted by Gasteiger charge is 2.30. The third-order valence-corrected chi connectivity index (χ3v) is 5.93. The van der Waals surface area contributed by atoms with E-state index in [2.05, 4.69) is 24.1 Å². The molecule has 0 radical (unpaired) electrons. The molecule has 0 aliphatic carbocycles. The zero-order valence-electron chi connectivity index (χ0n) is 16.2. The van der Waals surface area contributed by atoms with E-state index in [-0.39, 0.29) is 12.5 Å². The van der Waals surface area contributed by atoms with Gasteiger partial charge in [-0.25, -0.2) is 4.79 Å². The average molecular weight is 398 g/mol. The standard InChI is InChI=1S/C21H23N3O3S/c1-4-27-21(26)18-16-9-10-24(13(2)3)12-17(16)28-20(18)23-19(25)15-7-5-14(11-22)6-8-15/h5-8,13H,4,9-10,12H2,1-3H3,(H,23,25). The molecule has 2 aromatic rings. The third kappa shape index (κ3) is 4.08. The summed E-state index contributed by atoms with van der Waals surface area (Å²) in [5.74, 6) is -0.706. The number of esters is 1. The quantitative estimate of drug-likeness (QED) is 0.776. The first kappa shape index (κ1) is 20.1. The lowest BCUT2D eigenvalue weighted by Gasteiger charge is -2.30. The van der Waals surface area contributed by atoms with Gasteiger partial charge in [-0.15, -0.1) is 11.3 Å². The zero-order chi connectivity index (χ0) is 20.3. The van der Waals surface area contributed by atoms with Gasteiger partial charge in [0.2, 0.25) is 0 Å². The van der Waals surface area contributed by atoms with Crippen LogP contribution in [0.25, 0.3) is 0 Å². The van der Waals surface area contributed by atoms with Crippen molar-refractivity contribution >= 4 is 28.2 Å². The number of nitrogens with one attached hydrogen (secondary N) is 1. The Kier molecular flexibility index (Phi) is 6.12. The highest BCUT2D eigenvalue weighted by atomic mass is 32.1. The number of ether oxygens (including phenoxy) is 1. The van der Waals surface area contributed by atoms with E-state index in [0.29, 0.717) is 27.7 Å². The van der Waals surface area contributed by atoms with Crippen molar-refractivity contribution in [2.75, 3.05) is 18.5 Å². The summed E-state index contributed by atoms with van der Waals surface area (Å²) in [6, 6.07) is 8.85. The van der Waals surface area contributed by atoms with Crippen LogP contribution in [0, 0.1) is 11.3 Å². The summed E-state index contributed by atoms with van der Waals surface area (Å²) < 4.78 is 5.25. The molecular formula is C21H23N3O3S. The van der Waals surface area contributed by atoms with Crippen LogP contribution in [0.5, 0.6) is 0 Å². The van der Waals surface area contributed by atoms with Gasteiger partial charge in [0.1, 0.15) is 5.00 Å². The number of fused-ring (bicyclic) bond motifs is 1. The van der Waals surface area contributed by atoms with Gasteiger partial charge in [0.15, 0.2) is 0 Å². The Morgan fingerprint density at radius 2 is 2.04 bits per heavy atom. The zero-order valence-corrected chi connectivity index (χ0v) is 17.1. The van der Waals surface area contributed by atoms with Gasteiger partial charge in [-0.1, -0.05) is 0 Å². The van der Waals surface area contributed by atoms with Crippen molar-refractivity contribution in [3.8, 4) is 6.07 Å². The normalized spacial score (nSPS) is 13.7. The summed E-state index contributed by atoms with van der Waals surface area (Å²) in [6.07, 6.45) is 0.755. The predicted octanol–water partition coefficient (Wildman–Crippen LogP) is 3.82. The smallest absolute Gasteiger partial charge is 0.341 e. The number of benzene rings is 1. The summed E-state index contributed by atoms with van der Waals surface area (Å²) >= 11 is 1.44. The van der Waals surface area contributed by atoms with Crippen LogP contribution in [-0.2, 0) is 17.7 Å². The molecule has 1 aromatic carbocycles. The number of rotatable bonds is 5. The van der Waals surface area contributed by atoms with Crippen LogP contribution in [0.4, 0.5) is 5.00 Å². The molecule has 0 spiro atoms. The average Bonchev–Trinajstić information content (AvgIpc) is 3.05. The van der Waals surface area contributed by atoms with E-state index in [0.717, 1.165) is 30.0 Å². The molecule has 0 saturated heterocycles. The first-order valence-electron chi connectivity index (χ1n) is 9.31. The van der Waals surface area contributed by atoms with Gasteiger partial charge in [0.05, 0.1) is 23.8 Å². The molecule has 1 N–H and O–H groups in total. The minimum absolute atomic E-state index is 0.282. The van der Waals surface area contributed by atoms with Crippen molar-refractivity contribution in [2.24, 2.45) is 0 Å². The van der Waals surface area contributed by atoms with Crippen molar-refractivity contribution in [1.82, 2.24) is 4.90 Å². The van der Waals surface area contributed by atoms with E-state index >= 15 is 0 Å². The van der Waals surface area contributed by atoms with Crippen molar-refractivity contribution in [3.63, 3.8) is 0 Å².